The summed E-state index contributed by atoms with van der Waals surface area (Å²) in [6, 6.07) is 8.56. The third-order valence-electron chi connectivity index (χ3n) is 3.47. The van der Waals surface area contributed by atoms with Crippen molar-refractivity contribution in [3.63, 3.8) is 0 Å². The van der Waals surface area contributed by atoms with Crippen LogP contribution in [0.2, 0.25) is 0 Å². The zero-order chi connectivity index (χ0) is 14.1. The molecular formula is C16H19NO2S. The van der Waals surface area contributed by atoms with Crippen LogP contribution in [0, 0.1) is 13.8 Å². The lowest BCUT2D eigenvalue weighted by atomic mass is 10.1. The maximum Gasteiger partial charge on any atom is 0.163 e. The second-order valence-corrected chi connectivity index (χ2v) is 6.55. The first-order chi connectivity index (χ1) is 9.63. The van der Waals surface area contributed by atoms with Gasteiger partial charge in [-0.2, -0.15) is 0 Å². The SMILES string of the molecule is Cc1cc(C(C)Nc2ccc3c(c2)OCCO3)c(C)s1. The van der Waals surface area contributed by atoms with Crippen LogP contribution in [0.1, 0.15) is 28.3 Å². The molecule has 4 heteroatoms. The third kappa shape index (κ3) is 2.61. The van der Waals surface area contributed by atoms with E-state index in [9.17, 15) is 0 Å². The van der Waals surface area contributed by atoms with Gasteiger partial charge in [0.25, 0.3) is 0 Å². The number of hydrogen-bond acceptors (Lipinski definition) is 4. The van der Waals surface area contributed by atoms with Crippen LogP contribution in [-0.2, 0) is 0 Å². The largest absolute Gasteiger partial charge is 0.486 e. The highest BCUT2D eigenvalue weighted by Crippen LogP contribution is 2.34. The maximum absolute atomic E-state index is 5.62. The Morgan fingerprint density at radius 1 is 1.10 bits per heavy atom. The van der Waals surface area contributed by atoms with Crippen LogP contribution < -0.4 is 14.8 Å². The molecule has 106 valence electrons. The summed E-state index contributed by atoms with van der Waals surface area (Å²) in [4.78, 5) is 2.73. The molecule has 1 aromatic heterocycles. The van der Waals surface area contributed by atoms with Crippen molar-refractivity contribution >= 4 is 17.0 Å². The van der Waals surface area contributed by atoms with E-state index < -0.39 is 0 Å². The number of ether oxygens (including phenoxy) is 2. The van der Waals surface area contributed by atoms with E-state index in [-0.39, 0.29) is 6.04 Å². The molecule has 1 aliphatic heterocycles. The van der Waals surface area contributed by atoms with E-state index in [1.807, 2.05) is 29.5 Å². The first-order valence-electron chi connectivity index (χ1n) is 6.86. The molecule has 2 heterocycles. The van der Waals surface area contributed by atoms with E-state index in [2.05, 4.69) is 32.2 Å². The smallest absolute Gasteiger partial charge is 0.163 e. The molecular weight excluding hydrogens is 270 g/mol. The van der Waals surface area contributed by atoms with Gasteiger partial charge in [-0.1, -0.05) is 0 Å². The topological polar surface area (TPSA) is 30.5 Å². The summed E-state index contributed by atoms with van der Waals surface area (Å²) in [5.41, 5.74) is 2.42. The predicted octanol–water partition coefficient (Wildman–Crippen LogP) is 4.31. The summed E-state index contributed by atoms with van der Waals surface area (Å²) < 4.78 is 11.2. The molecule has 3 rings (SSSR count). The highest BCUT2D eigenvalue weighted by Gasteiger charge is 2.14. The highest BCUT2D eigenvalue weighted by molar-refractivity contribution is 7.12. The first-order valence-corrected chi connectivity index (χ1v) is 7.68. The van der Waals surface area contributed by atoms with Gasteiger partial charge in [-0.05, 0) is 44.5 Å². The van der Waals surface area contributed by atoms with Gasteiger partial charge >= 0.3 is 0 Å². The molecule has 1 atom stereocenters. The van der Waals surface area contributed by atoms with Crippen LogP contribution in [0.3, 0.4) is 0 Å². The van der Waals surface area contributed by atoms with Crippen LogP contribution in [-0.4, -0.2) is 13.2 Å². The van der Waals surface area contributed by atoms with Gasteiger partial charge in [0.05, 0.1) is 0 Å². The molecule has 1 N–H and O–H groups in total. The molecule has 1 unspecified atom stereocenters. The predicted molar refractivity (Wildman–Crippen MR) is 83.3 cm³/mol. The molecule has 0 radical (unpaired) electrons. The minimum atomic E-state index is 0.280. The molecule has 1 aromatic carbocycles. The normalized spacial score (nSPS) is 14.9. The molecule has 20 heavy (non-hydrogen) atoms. The highest BCUT2D eigenvalue weighted by atomic mass is 32.1. The number of hydrogen-bond donors (Lipinski definition) is 1. The van der Waals surface area contributed by atoms with Gasteiger partial charge in [0, 0.05) is 27.5 Å². The minimum Gasteiger partial charge on any atom is -0.486 e. The van der Waals surface area contributed by atoms with Crippen molar-refractivity contribution < 1.29 is 9.47 Å². The summed E-state index contributed by atoms with van der Waals surface area (Å²) in [7, 11) is 0. The number of benzene rings is 1. The van der Waals surface area contributed by atoms with Crippen molar-refractivity contribution in [2.24, 2.45) is 0 Å². The number of thiophene rings is 1. The first kappa shape index (κ1) is 13.3. The van der Waals surface area contributed by atoms with Gasteiger partial charge in [0.1, 0.15) is 13.2 Å². The fourth-order valence-corrected chi connectivity index (χ4v) is 3.56. The fraction of sp³-hybridized carbons (Fsp3) is 0.375. The lowest BCUT2D eigenvalue weighted by Crippen LogP contribution is -2.15. The standard InChI is InChI=1S/C16H19NO2S/c1-10-8-14(12(3)20-10)11(2)17-13-4-5-15-16(9-13)19-7-6-18-15/h4-5,8-9,11,17H,6-7H2,1-3H3. The fourth-order valence-electron chi connectivity index (χ4n) is 2.54. The molecule has 0 aliphatic carbocycles. The molecule has 0 fully saturated rings. The van der Waals surface area contributed by atoms with Gasteiger partial charge in [-0.25, -0.2) is 0 Å². The van der Waals surface area contributed by atoms with E-state index in [1.54, 1.807) is 0 Å². The van der Waals surface area contributed by atoms with Crippen LogP contribution in [0.5, 0.6) is 11.5 Å². The van der Waals surface area contributed by atoms with Crippen molar-refractivity contribution in [3.05, 3.63) is 39.6 Å². The molecule has 0 saturated carbocycles. The average molecular weight is 289 g/mol. The summed E-state index contributed by atoms with van der Waals surface area (Å²) in [6.07, 6.45) is 0. The van der Waals surface area contributed by atoms with Gasteiger partial charge in [-0.3, -0.25) is 0 Å². The number of aryl methyl sites for hydroxylation is 2. The van der Waals surface area contributed by atoms with E-state index in [1.165, 1.54) is 15.3 Å². The summed E-state index contributed by atoms with van der Waals surface area (Å²) in [5.74, 6) is 1.66. The quantitative estimate of drug-likeness (QED) is 0.913. The van der Waals surface area contributed by atoms with Gasteiger partial charge in [0.15, 0.2) is 11.5 Å². The number of nitrogens with one attached hydrogen (secondary N) is 1. The van der Waals surface area contributed by atoms with Crippen LogP contribution >= 0.6 is 11.3 Å². The summed E-state index contributed by atoms with van der Waals surface area (Å²) in [5, 5.41) is 3.53. The molecule has 0 bridgehead atoms. The molecule has 1 aliphatic rings. The zero-order valence-electron chi connectivity index (χ0n) is 12.0. The summed E-state index contributed by atoms with van der Waals surface area (Å²) >= 11 is 1.85. The Kier molecular flexibility index (Phi) is 3.57. The Bertz CT molecular complexity index is 621. The average Bonchev–Trinajstić information content (AvgIpc) is 2.78. The van der Waals surface area contributed by atoms with Crippen molar-refractivity contribution in [2.75, 3.05) is 18.5 Å². The van der Waals surface area contributed by atoms with Gasteiger partial charge in [-0.15, -0.1) is 11.3 Å². The number of rotatable bonds is 3. The monoisotopic (exact) mass is 289 g/mol. The van der Waals surface area contributed by atoms with Crippen molar-refractivity contribution in [1.82, 2.24) is 0 Å². The van der Waals surface area contributed by atoms with Crippen molar-refractivity contribution in [2.45, 2.75) is 26.8 Å². The molecule has 3 nitrogen and oxygen atoms in total. The van der Waals surface area contributed by atoms with Gasteiger partial charge in [0.2, 0.25) is 0 Å². The Morgan fingerprint density at radius 3 is 2.55 bits per heavy atom. The van der Waals surface area contributed by atoms with E-state index in [4.69, 9.17) is 9.47 Å². The molecule has 2 aromatic rings. The van der Waals surface area contributed by atoms with Crippen molar-refractivity contribution in [1.29, 1.82) is 0 Å². The van der Waals surface area contributed by atoms with E-state index >= 15 is 0 Å². The molecule has 0 saturated heterocycles. The molecule has 0 amide bonds. The third-order valence-corrected chi connectivity index (χ3v) is 4.45. The summed E-state index contributed by atoms with van der Waals surface area (Å²) in [6.45, 7) is 7.76. The number of fused-ring (bicyclic) bond motifs is 1. The van der Waals surface area contributed by atoms with Crippen LogP contribution in [0.15, 0.2) is 24.3 Å². The lowest BCUT2D eigenvalue weighted by Gasteiger charge is -2.21. The Labute approximate surface area is 123 Å². The maximum atomic E-state index is 5.62. The Hall–Kier alpha value is -1.68. The Morgan fingerprint density at radius 2 is 1.85 bits per heavy atom. The van der Waals surface area contributed by atoms with E-state index in [0.717, 1.165) is 17.2 Å². The van der Waals surface area contributed by atoms with Crippen molar-refractivity contribution in [3.8, 4) is 11.5 Å². The van der Waals surface area contributed by atoms with Gasteiger partial charge < -0.3 is 14.8 Å². The Balaban J connectivity index is 1.79. The number of anilines is 1. The molecule has 0 spiro atoms. The zero-order valence-corrected chi connectivity index (χ0v) is 12.8. The second-order valence-electron chi connectivity index (χ2n) is 5.09. The lowest BCUT2D eigenvalue weighted by molar-refractivity contribution is 0.171. The minimum absolute atomic E-state index is 0.280. The van der Waals surface area contributed by atoms with Crippen LogP contribution in [0.25, 0.3) is 0 Å². The van der Waals surface area contributed by atoms with Crippen LogP contribution in [0.4, 0.5) is 5.69 Å². The second kappa shape index (κ2) is 5.37. The van der Waals surface area contributed by atoms with E-state index in [0.29, 0.717) is 13.2 Å².